The molecule has 0 bridgehead atoms. The Morgan fingerprint density at radius 1 is 1.25 bits per heavy atom. The largest absolute Gasteiger partial charge is 0.478 e. The minimum Gasteiger partial charge on any atom is -0.478 e. The van der Waals surface area contributed by atoms with Crippen molar-refractivity contribution in [2.75, 3.05) is 5.75 Å². The van der Waals surface area contributed by atoms with Gasteiger partial charge in [0.05, 0.1) is 10.5 Å². The molecule has 0 aliphatic rings. The number of carbonyl (C=O) groups is 1. The van der Waals surface area contributed by atoms with Gasteiger partial charge in [0.15, 0.2) is 5.75 Å². The van der Waals surface area contributed by atoms with Gasteiger partial charge in [-0.25, -0.2) is 18.4 Å². The van der Waals surface area contributed by atoms with Crippen molar-refractivity contribution in [1.82, 2.24) is 0 Å². The summed E-state index contributed by atoms with van der Waals surface area (Å²) in [6.07, 6.45) is 0.831. The Bertz CT molecular complexity index is 835. The molecule has 0 heterocycles. The molecule has 0 saturated carbocycles. The molecule has 0 atom stereocenters. The van der Waals surface area contributed by atoms with E-state index >= 15 is 0 Å². The molecular formula is C16H17NO5S2. The molecule has 0 spiro atoms. The van der Waals surface area contributed by atoms with Crippen LogP contribution in [-0.2, 0) is 10.0 Å². The van der Waals surface area contributed by atoms with E-state index in [2.05, 4.69) is 0 Å². The third kappa shape index (κ3) is 4.50. The molecular weight excluding hydrogens is 350 g/mol. The van der Waals surface area contributed by atoms with Crippen molar-refractivity contribution in [3.63, 3.8) is 0 Å². The van der Waals surface area contributed by atoms with E-state index < -0.39 is 16.0 Å². The molecule has 2 rings (SSSR count). The lowest BCUT2D eigenvalue weighted by molar-refractivity contribution is 0.0696. The molecule has 0 fully saturated rings. The number of hydrogen-bond acceptors (Lipinski definition) is 5. The topological polar surface area (TPSA) is 107 Å². The van der Waals surface area contributed by atoms with E-state index in [1.165, 1.54) is 17.8 Å². The van der Waals surface area contributed by atoms with Crippen LogP contribution in [0.25, 0.3) is 0 Å². The molecule has 8 heteroatoms. The van der Waals surface area contributed by atoms with Crippen LogP contribution in [0.5, 0.6) is 11.5 Å². The number of carboxylic acid groups (broad SMARTS) is 1. The first-order valence-electron chi connectivity index (χ1n) is 7.12. The molecule has 0 aromatic heterocycles. The fourth-order valence-electron chi connectivity index (χ4n) is 1.94. The van der Waals surface area contributed by atoms with Gasteiger partial charge in [-0.3, -0.25) is 0 Å². The van der Waals surface area contributed by atoms with Gasteiger partial charge < -0.3 is 9.84 Å². The Kier molecular flexibility index (Phi) is 5.87. The number of hydrogen-bond donors (Lipinski definition) is 2. The van der Waals surface area contributed by atoms with Crippen LogP contribution in [0.15, 0.2) is 52.3 Å². The van der Waals surface area contributed by atoms with Crippen LogP contribution >= 0.6 is 11.8 Å². The van der Waals surface area contributed by atoms with Gasteiger partial charge in [-0.1, -0.05) is 25.1 Å². The quantitative estimate of drug-likeness (QED) is 0.727. The zero-order chi connectivity index (χ0) is 17.7. The molecule has 128 valence electrons. The summed E-state index contributed by atoms with van der Waals surface area (Å²) in [7, 11) is -4.16. The molecule has 3 N–H and O–H groups in total. The minimum atomic E-state index is -4.16. The summed E-state index contributed by atoms with van der Waals surface area (Å²) in [6.45, 7) is 1.96. The highest BCUT2D eigenvalue weighted by Crippen LogP contribution is 2.39. The van der Waals surface area contributed by atoms with Crippen molar-refractivity contribution in [2.45, 2.75) is 23.1 Å². The monoisotopic (exact) mass is 367 g/mol. The average molecular weight is 367 g/mol. The van der Waals surface area contributed by atoms with Gasteiger partial charge in [-0.05, 0) is 36.4 Å². The second-order valence-electron chi connectivity index (χ2n) is 4.92. The van der Waals surface area contributed by atoms with E-state index in [9.17, 15) is 18.3 Å². The van der Waals surface area contributed by atoms with Crippen molar-refractivity contribution in [2.24, 2.45) is 5.14 Å². The molecule has 24 heavy (non-hydrogen) atoms. The summed E-state index contributed by atoms with van der Waals surface area (Å²) in [5, 5.41) is 14.5. The normalized spacial score (nSPS) is 11.2. The smallest absolute Gasteiger partial charge is 0.335 e. The SMILES string of the molecule is CCCSc1cc(C(=O)O)cc(S(N)(=O)=O)c1Oc1ccccc1. The lowest BCUT2D eigenvalue weighted by atomic mass is 10.2. The van der Waals surface area contributed by atoms with Gasteiger partial charge in [0.25, 0.3) is 0 Å². The third-order valence-electron chi connectivity index (χ3n) is 3.00. The van der Waals surface area contributed by atoms with E-state index in [1.807, 2.05) is 6.92 Å². The van der Waals surface area contributed by atoms with E-state index in [4.69, 9.17) is 9.88 Å². The van der Waals surface area contributed by atoms with E-state index in [-0.39, 0.29) is 16.2 Å². The maximum atomic E-state index is 11.9. The number of aromatic carboxylic acids is 1. The molecule has 2 aromatic rings. The lowest BCUT2D eigenvalue weighted by Crippen LogP contribution is -2.15. The molecule has 0 saturated heterocycles. The highest BCUT2D eigenvalue weighted by Gasteiger charge is 2.23. The van der Waals surface area contributed by atoms with Gasteiger partial charge in [-0.2, -0.15) is 0 Å². The zero-order valence-electron chi connectivity index (χ0n) is 12.9. The number of carboxylic acids is 1. The number of sulfonamides is 1. The number of primary sulfonamides is 1. The lowest BCUT2D eigenvalue weighted by Gasteiger charge is -2.15. The van der Waals surface area contributed by atoms with Crippen LogP contribution < -0.4 is 9.88 Å². The van der Waals surface area contributed by atoms with Crippen molar-refractivity contribution in [1.29, 1.82) is 0 Å². The van der Waals surface area contributed by atoms with Gasteiger partial charge in [-0.15, -0.1) is 11.8 Å². The summed E-state index contributed by atoms with van der Waals surface area (Å²) < 4.78 is 29.6. The Balaban J connectivity index is 2.64. The summed E-state index contributed by atoms with van der Waals surface area (Å²) in [5.41, 5.74) is -0.155. The van der Waals surface area contributed by atoms with E-state index in [0.717, 1.165) is 12.5 Å². The number of benzene rings is 2. The summed E-state index contributed by atoms with van der Waals surface area (Å²) in [4.78, 5) is 11.4. The van der Waals surface area contributed by atoms with Crippen LogP contribution in [0.4, 0.5) is 0 Å². The van der Waals surface area contributed by atoms with Crippen molar-refractivity contribution < 1.29 is 23.1 Å². The van der Waals surface area contributed by atoms with Crippen molar-refractivity contribution in [3.8, 4) is 11.5 Å². The molecule has 0 amide bonds. The van der Waals surface area contributed by atoms with E-state index in [1.54, 1.807) is 30.3 Å². The first kappa shape index (κ1) is 18.3. The standard InChI is InChI=1S/C16H17NO5S2/c1-2-8-23-13-9-11(16(18)19)10-14(24(17,20)21)15(13)22-12-6-4-3-5-7-12/h3-7,9-10H,2,8H2,1H3,(H,18,19)(H2,17,20,21). The minimum absolute atomic E-state index is 0.0483. The number of para-hydroxylation sites is 1. The number of ether oxygens (including phenoxy) is 1. The number of thioether (sulfide) groups is 1. The van der Waals surface area contributed by atoms with Crippen LogP contribution in [0.3, 0.4) is 0 Å². The molecule has 2 aromatic carbocycles. The molecule has 0 radical (unpaired) electrons. The summed E-state index contributed by atoms with van der Waals surface area (Å²) in [6, 6.07) is 11.1. The van der Waals surface area contributed by atoms with E-state index in [0.29, 0.717) is 16.4 Å². The summed E-state index contributed by atoms with van der Waals surface area (Å²) in [5.74, 6) is -0.0707. The Morgan fingerprint density at radius 2 is 1.92 bits per heavy atom. The van der Waals surface area contributed by atoms with Gasteiger partial charge in [0.1, 0.15) is 10.6 Å². The zero-order valence-corrected chi connectivity index (χ0v) is 14.6. The molecule has 0 aliphatic carbocycles. The second-order valence-corrected chi connectivity index (χ2v) is 7.58. The summed E-state index contributed by atoms with van der Waals surface area (Å²) >= 11 is 1.32. The predicted molar refractivity (Wildman–Crippen MR) is 92.3 cm³/mol. The average Bonchev–Trinajstić information content (AvgIpc) is 2.53. The molecule has 0 aliphatic heterocycles. The highest BCUT2D eigenvalue weighted by molar-refractivity contribution is 7.99. The Hall–Kier alpha value is -2.03. The molecule has 0 unspecified atom stereocenters. The fourth-order valence-corrected chi connectivity index (χ4v) is 3.62. The maximum Gasteiger partial charge on any atom is 0.335 e. The van der Waals surface area contributed by atoms with Crippen LogP contribution in [0.2, 0.25) is 0 Å². The molecule has 6 nitrogen and oxygen atoms in total. The number of rotatable bonds is 7. The Morgan fingerprint density at radius 3 is 2.46 bits per heavy atom. The first-order chi connectivity index (χ1) is 11.3. The Labute approximate surface area is 144 Å². The first-order valence-corrected chi connectivity index (χ1v) is 9.66. The third-order valence-corrected chi connectivity index (χ3v) is 5.14. The van der Waals surface area contributed by atoms with Gasteiger partial charge in [0.2, 0.25) is 10.0 Å². The fraction of sp³-hybridized carbons (Fsp3) is 0.188. The maximum absolute atomic E-state index is 11.9. The van der Waals surface area contributed by atoms with Gasteiger partial charge >= 0.3 is 5.97 Å². The highest BCUT2D eigenvalue weighted by atomic mass is 32.2. The van der Waals surface area contributed by atoms with Crippen LogP contribution in [0.1, 0.15) is 23.7 Å². The van der Waals surface area contributed by atoms with Gasteiger partial charge in [0, 0.05) is 0 Å². The van der Waals surface area contributed by atoms with Crippen LogP contribution in [-0.4, -0.2) is 25.2 Å². The van der Waals surface area contributed by atoms with Crippen molar-refractivity contribution in [3.05, 3.63) is 48.0 Å². The van der Waals surface area contributed by atoms with Crippen LogP contribution in [0, 0.1) is 0 Å². The predicted octanol–water partition coefficient (Wildman–Crippen LogP) is 3.33. The van der Waals surface area contributed by atoms with Crippen molar-refractivity contribution >= 4 is 27.8 Å². The second kappa shape index (κ2) is 7.69. The number of nitrogens with two attached hydrogens (primary N) is 1.